The maximum Gasteiger partial charge on any atom is 0.259 e. The second-order valence-electron chi connectivity index (χ2n) is 8.58. The number of carbonyl (C=O) groups is 1. The molecular formula is C26H21ClN2O2S. The number of hydrogen-bond acceptors (Lipinski definition) is 4. The fraction of sp³-hybridized carbons (Fsp3) is 0.154. The highest BCUT2D eigenvalue weighted by Gasteiger charge is 2.25. The molecule has 0 unspecified atom stereocenters. The van der Waals surface area contributed by atoms with E-state index in [4.69, 9.17) is 16.9 Å². The molecular weight excluding hydrogens is 440 g/mol. The molecule has 1 amide bonds. The second kappa shape index (κ2) is 8.31. The molecule has 3 aromatic carbocycles. The molecule has 2 N–H and O–H groups in total. The first-order valence-corrected chi connectivity index (χ1v) is 11.2. The van der Waals surface area contributed by atoms with Gasteiger partial charge in [0.25, 0.3) is 5.91 Å². The number of nitriles is 1. The van der Waals surface area contributed by atoms with Gasteiger partial charge in [0.2, 0.25) is 0 Å². The summed E-state index contributed by atoms with van der Waals surface area (Å²) in [7, 11) is 0. The van der Waals surface area contributed by atoms with E-state index >= 15 is 0 Å². The molecule has 0 bridgehead atoms. The van der Waals surface area contributed by atoms with E-state index in [-0.39, 0.29) is 21.8 Å². The second-order valence-corrected chi connectivity index (χ2v) is 10.1. The Hall–Kier alpha value is -3.33. The molecule has 4 rings (SSSR count). The van der Waals surface area contributed by atoms with Crippen LogP contribution in [0.3, 0.4) is 0 Å². The van der Waals surface area contributed by atoms with Crippen LogP contribution in [0, 0.1) is 11.3 Å². The van der Waals surface area contributed by atoms with Gasteiger partial charge in [0.05, 0.1) is 27.9 Å². The van der Waals surface area contributed by atoms with Gasteiger partial charge in [0.1, 0.15) is 5.75 Å². The number of phenolic OH excluding ortho intramolecular Hbond substituents is 1. The van der Waals surface area contributed by atoms with Crippen molar-refractivity contribution in [1.82, 2.24) is 0 Å². The van der Waals surface area contributed by atoms with Crippen LogP contribution >= 0.6 is 22.9 Å². The Bertz CT molecular complexity index is 1360. The number of benzene rings is 3. The Morgan fingerprint density at radius 1 is 1.09 bits per heavy atom. The van der Waals surface area contributed by atoms with Gasteiger partial charge in [0.15, 0.2) is 0 Å². The fourth-order valence-corrected chi connectivity index (χ4v) is 4.80. The number of thiophene rings is 1. The van der Waals surface area contributed by atoms with Crippen molar-refractivity contribution in [3.05, 3.63) is 82.4 Å². The molecule has 0 fully saturated rings. The lowest BCUT2D eigenvalue weighted by Gasteiger charge is -2.23. The van der Waals surface area contributed by atoms with E-state index in [1.54, 1.807) is 29.5 Å². The third-order valence-electron chi connectivity index (χ3n) is 5.22. The zero-order chi connectivity index (χ0) is 23.0. The summed E-state index contributed by atoms with van der Waals surface area (Å²) in [5.74, 6) is -0.521. The number of carbonyl (C=O) groups excluding carboxylic acids is 1. The Kier molecular flexibility index (Phi) is 5.68. The smallest absolute Gasteiger partial charge is 0.259 e. The Morgan fingerprint density at radius 3 is 2.50 bits per heavy atom. The minimum absolute atomic E-state index is 0.0513. The van der Waals surface area contributed by atoms with Crippen molar-refractivity contribution in [1.29, 1.82) is 5.26 Å². The van der Waals surface area contributed by atoms with Gasteiger partial charge in [-0.3, -0.25) is 4.79 Å². The molecule has 4 nitrogen and oxygen atoms in total. The third kappa shape index (κ3) is 4.20. The van der Waals surface area contributed by atoms with Crippen LogP contribution < -0.4 is 5.32 Å². The largest absolute Gasteiger partial charge is 0.507 e. The predicted molar refractivity (Wildman–Crippen MR) is 132 cm³/mol. The van der Waals surface area contributed by atoms with Gasteiger partial charge in [-0.25, -0.2) is 0 Å². The van der Waals surface area contributed by atoms with Crippen LogP contribution in [0.5, 0.6) is 5.75 Å². The summed E-state index contributed by atoms with van der Waals surface area (Å²) in [5, 5.41) is 24.2. The molecule has 0 radical (unpaired) electrons. The zero-order valence-corrected chi connectivity index (χ0v) is 19.4. The molecule has 0 spiro atoms. The Morgan fingerprint density at radius 2 is 1.84 bits per heavy atom. The highest BCUT2D eigenvalue weighted by Crippen LogP contribution is 2.41. The van der Waals surface area contributed by atoms with Crippen molar-refractivity contribution in [2.24, 2.45) is 0 Å². The van der Waals surface area contributed by atoms with Crippen LogP contribution in [0.2, 0.25) is 5.02 Å². The van der Waals surface area contributed by atoms with E-state index < -0.39 is 5.91 Å². The number of fused-ring (bicyclic) bond motifs is 1. The van der Waals surface area contributed by atoms with E-state index in [1.807, 2.05) is 45.0 Å². The maximum absolute atomic E-state index is 13.2. The van der Waals surface area contributed by atoms with Crippen molar-refractivity contribution in [3.63, 3.8) is 0 Å². The van der Waals surface area contributed by atoms with Gasteiger partial charge in [-0.05, 0) is 58.8 Å². The molecule has 6 heteroatoms. The summed E-state index contributed by atoms with van der Waals surface area (Å²) in [6.45, 7) is 5.99. The summed E-state index contributed by atoms with van der Waals surface area (Å²) in [6.07, 6.45) is 0. The highest BCUT2D eigenvalue weighted by atomic mass is 35.5. The SMILES string of the molecule is CC(C)(C)c1cc(-c2cc3ccccc3s2)cc(C(=O)Nc2ccc(C#N)cc2Cl)c1O. The van der Waals surface area contributed by atoms with Crippen LogP contribution in [-0.4, -0.2) is 11.0 Å². The zero-order valence-electron chi connectivity index (χ0n) is 17.9. The van der Waals surface area contributed by atoms with Crippen LogP contribution in [-0.2, 0) is 5.41 Å². The quantitative estimate of drug-likeness (QED) is 0.335. The lowest BCUT2D eigenvalue weighted by Crippen LogP contribution is -2.17. The van der Waals surface area contributed by atoms with Gasteiger partial charge in [-0.2, -0.15) is 5.26 Å². The lowest BCUT2D eigenvalue weighted by atomic mass is 9.83. The van der Waals surface area contributed by atoms with E-state index in [9.17, 15) is 9.90 Å². The summed E-state index contributed by atoms with van der Waals surface area (Å²) in [4.78, 5) is 14.2. The van der Waals surface area contributed by atoms with Gasteiger partial charge >= 0.3 is 0 Å². The fourth-order valence-electron chi connectivity index (χ4n) is 3.52. The highest BCUT2D eigenvalue weighted by molar-refractivity contribution is 7.22. The first-order chi connectivity index (χ1) is 15.2. The van der Waals surface area contributed by atoms with E-state index in [0.717, 1.165) is 20.5 Å². The number of nitrogens with zero attached hydrogens (tertiary/aromatic N) is 1. The summed E-state index contributed by atoms with van der Waals surface area (Å²) in [6, 6.07) is 20.5. The van der Waals surface area contributed by atoms with E-state index in [1.165, 1.54) is 6.07 Å². The number of amides is 1. The molecule has 0 aliphatic rings. The number of rotatable bonds is 3. The first kappa shape index (κ1) is 21.9. The van der Waals surface area contributed by atoms with E-state index in [0.29, 0.717) is 16.8 Å². The van der Waals surface area contributed by atoms with Crippen molar-refractivity contribution in [2.45, 2.75) is 26.2 Å². The molecule has 0 atom stereocenters. The third-order valence-corrected chi connectivity index (χ3v) is 6.70. The number of phenols is 1. The summed E-state index contributed by atoms with van der Waals surface area (Å²) in [5.41, 5.74) is 2.12. The number of anilines is 1. The van der Waals surface area contributed by atoms with Crippen molar-refractivity contribution >= 4 is 44.6 Å². The standard InChI is InChI=1S/C26H21ClN2O2S/c1-26(2,3)19-12-17(23-13-16-6-4-5-7-22(16)32-23)11-18(24(19)30)25(31)29-21-9-8-15(14-28)10-20(21)27/h4-13,30H,1-3H3,(H,29,31). The number of nitrogens with one attached hydrogen (secondary N) is 1. The molecule has 0 aliphatic heterocycles. The Labute approximate surface area is 195 Å². The maximum atomic E-state index is 13.2. The van der Waals surface area contributed by atoms with Gasteiger partial charge in [0, 0.05) is 15.1 Å². The molecule has 32 heavy (non-hydrogen) atoms. The van der Waals surface area contributed by atoms with Crippen LogP contribution in [0.25, 0.3) is 20.5 Å². The van der Waals surface area contributed by atoms with Crippen LogP contribution in [0.15, 0.2) is 60.7 Å². The monoisotopic (exact) mass is 460 g/mol. The van der Waals surface area contributed by atoms with Crippen LogP contribution in [0.1, 0.15) is 42.3 Å². The van der Waals surface area contributed by atoms with Crippen molar-refractivity contribution in [2.75, 3.05) is 5.32 Å². The first-order valence-electron chi connectivity index (χ1n) is 10.0. The predicted octanol–water partition coefficient (Wildman–Crippen LogP) is 7.35. The molecule has 1 heterocycles. The van der Waals surface area contributed by atoms with Gasteiger partial charge < -0.3 is 10.4 Å². The van der Waals surface area contributed by atoms with Gasteiger partial charge in [-0.1, -0.05) is 50.6 Å². The minimum atomic E-state index is -0.470. The number of aromatic hydroxyl groups is 1. The molecule has 0 saturated heterocycles. The summed E-state index contributed by atoms with van der Waals surface area (Å²) < 4.78 is 1.16. The molecule has 160 valence electrons. The topological polar surface area (TPSA) is 73.1 Å². The minimum Gasteiger partial charge on any atom is -0.507 e. The van der Waals surface area contributed by atoms with Crippen LogP contribution in [0.4, 0.5) is 5.69 Å². The van der Waals surface area contributed by atoms with E-state index in [2.05, 4.69) is 23.5 Å². The molecule has 4 aromatic rings. The average molecular weight is 461 g/mol. The number of hydrogen-bond donors (Lipinski definition) is 2. The van der Waals surface area contributed by atoms with Gasteiger partial charge in [-0.15, -0.1) is 11.3 Å². The molecule has 0 aliphatic carbocycles. The van der Waals surface area contributed by atoms with Crippen molar-refractivity contribution < 1.29 is 9.90 Å². The van der Waals surface area contributed by atoms with Crippen molar-refractivity contribution in [3.8, 4) is 22.3 Å². The number of halogens is 1. The normalized spacial score (nSPS) is 11.3. The molecule has 0 saturated carbocycles. The Balaban J connectivity index is 1.81. The average Bonchev–Trinajstić information content (AvgIpc) is 3.18. The summed E-state index contributed by atoms with van der Waals surface area (Å²) >= 11 is 7.87. The molecule has 1 aromatic heterocycles. The lowest BCUT2D eigenvalue weighted by molar-refractivity contribution is 0.102.